The van der Waals surface area contributed by atoms with Gasteiger partial charge in [-0.05, 0) is 24.6 Å². The van der Waals surface area contributed by atoms with Crippen molar-refractivity contribution >= 4 is 17.7 Å². The van der Waals surface area contributed by atoms with E-state index >= 15 is 0 Å². The van der Waals surface area contributed by atoms with E-state index in [1.165, 1.54) is 32.2 Å². The average Bonchev–Trinajstić information content (AvgIpc) is 2.52. The Labute approximate surface area is 139 Å². The molecule has 4 atom stereocenters. The molecule has 0 bridgehead atoms. The maximum Gasteiger partial charge on any atom is 0.316 e. The zero-order valence-electron chi connectivity index (χ0n) is 13.7. The number of rotatable bonds is 3. The van der Waals surface area contributed by atoms with Crippen molar-refractivity contribution in [2.45, 2.75) is 24.9 Å². The van der Waals surface area contributed by atoms with Crippen LogP contribution >= 0.6 is 0 Å². The molecule has 1 aliphatic carbocycles. The first-order valence-corrected chi connectivity index (χ1v) is 7.42. The van der Waals surface area contributed by atoms with Crippen LogP contribution in [0.25, 0.3) is 0 Å². The zero-order valence-corrected chi connectivity index (χ0v) is 13.7. The lowest BCUT2D eigenvalue weighted by molar-refractivity contribution is -0.170. The number of carbonyl (C=O) groups excluding carboxylic acids is 3. The molecule has 1 aromatic carbocycles. The summed E-state index contributed by atoms with van der Waals surface area (Å²) in [5.41, 5.74) is -1.32. The van der Waals surface area contributed by atoms with E-state index in [1.54, 1.807) is 6.07 Å². The van der Waals surface area contributed by atoms with Crippen molar-refractivity contribution in [3.8, 4) is 5.75 Å². The summed E-state index contributed by atoms with van der Waals surface area (Å²) in [6, 6.07) is 5.88. The molecule has 0 aliphatic heterocycles. The van der Waals surface area contributed by atoms with E-state index < -0.39 is 41.1 Å². The van der Waals surface area contributed by atoms with Crippen LogP contribution in [0.4, 0.5) is 0 Å². The Morgan fingerprint density at radius 2 is 1.83 bits per heavy atom. The van der Waals surface area contributed by atoms with Crippen molar-refractivity contribution in [2.75, 3.05) is 14.2 Å². The molecule has 1 fully saturated rings. The fourth-order valence-electron chi connectivity index (χ4n) is 3.40. The number of hydrogen-bond acceptors (Lipinski definition) is 7. The molecule has 0 saturated heterocycles. The maximum absolute atomic E-state index is 12.5. The van der Waals surface area contributed by atoms with Crippen LogP contribution in [0.5, 0.6) is 5.75 Å². The quantitative estimate of drug-likeness (QED) is 0.620. The second kappa shape index (κ2) is 6.60. The lowest BCUT2D eigenvalue weighted by Crippen LogP contribution is -2.55. The summed E-state index contributed by atoms with van der Waals surface area (Å²) in [4.78, 5) is 36.9. The highest BCUT2D eigenvalue weighted by molar-refractivity contribution is 6.02. The predicted molar refractivity (Wildman–Crippen MR) is 82.1 cm³/mol. The van der Waals surface area contributed by atoms with Crippen LogP contribution in [0.2, 0.25) is 0 Å². The van der Waals surface area contributed by atoms with Gasteiger partial charge in [-0.3, -0.25) is 14.4 Å². The van der Waals surface area contributed by atoms with E-state index in [1.807, 2.05) is 0 Å². The van der Waals surface area contributed by atoms with Gasteiger partial charge < -0.3 is 19.7 Å². The molecule has 2 rings (SSSR count). The molecule has 1 aliphatic rings. The van der Waals surface area contributed by atoms with Gasteiger partial charge in [-0.25, -0.2) is 0 Å². The van der Waals surface area contributed by atoms with Gasteiger partial charge in [0.15, 0.2) is 5.78 Å². The first-order chi connectivity index (χ1) is 11.2. The minimum atomic E-state index is -1.69. The summed E-state index contributed by atoms with van der Waals surface area (Å²) >= 11 is 0. The number of hydrogen-bond donors (Lipinski definition) is 2. The number of benzene rings is 1. The molecule has 24 heavy (non-hydrogen) atoms. The van der Waals surface area contributed by atoms with E-state index in [9.17, 15) is 24.6 Å². The number of aliphatic hydroxyl groups is 1. The molecule has 0 amide bonds. The first kappa shape index (κ1) is 17.9. The van der Waals surface area contributed by atoms with Crippen molar-refractivity contribution in [3.63, 3.8) is 0 Å². The molecular weight excluding hydrogens is 316 g/mol. The first-order valence-electron chi connectivity index (χ1n) is 7.42. The molecule has 0 spiro atoms. The number of phenolic OH excluding ortho intramolecular Hbond substituents is 1. The van der Waals surface area contributed by atoms with Crippen molar-refractivity contribution in [1.82, 2.24) is 0 Å². The molecule has 0 unspecified atom stereocenters. The third-order valence-corrected chi connectivity index (χ3v) is 4.43. The summed E-state index contributed by atoms with van der Waals surface area (Å²) in [5, 5.41) is 20.4. The van der Waals surface area contributed by atoms with Gasteiger partial charge in [-0.2, -0.15) is 0 Å². The molecule has 1 aromatic rings. The van der Waals surface area contributed by atoms with E-state index in [4.69, 9.17) is 9.47 Å². The molecule has 130 valence electrons. The van der Waals surface area contributed by atoms with Crippen LogP contribution in [0.1, 0.15) is 24.8 Å². The normalized spacial score (nSPS) is 29.8. The Morgan fingerprint density at radius 1 is 1.21 bits per heavy atom. The molecule has 0 heterocycles. The standard InChI is InChI=1S/C17H20O7/c1-17(22)8-11(19)13(15(20)23-2)12(14(17)16(21)24-3)9-5-4-6-10(18)7-9/h4-7,12-14,18,22H,8H2,1-3H3/t12-,13-,14+,17+/m0/s1. The fourth-order valence-corrected chi connectivity index (χ4v) is 3.40. The number of ketones is 1. The number of carbonyl (C=O) groups is 3. The van der Waals surface area contributed by atoms with Crippen molar-refractivity contribution in [3.05, 3.63) is 29.8 Å². The smallest absolute Gasteiger partial charge is 0.316 e. The number of Topliss-reactive ketones (excluding diaryl/α,β-unsaturated/α-hetero) is 1. The van der Waals surface area contributed by atoms with E-state index in [-0.39, 0.29) is 12.2 Å². The lowest BCUT2D eigenvalue weighted by atomic mass is 9.61. The van der Waals surface area contributed by atoms with Crippen LogP contribution in [-0.4, -0.2) is 47.8 Å². The molecule has 0 radical (unpaired) electrons. The summed E-state index contributed by atoms with van der Waals surface area (Å²) in [6.07, 6.45) is -0.373. The molecule has 2 N–H and O–H groups in total. The van der Waals surface area contributed by atoms with Gasteiger partial charge in [0.05, 0.1) is 25.7 Å². The van der Waals surface area contributed by atoms with Crippen LogP contribution in [-0.2, 0) is 23.9 Å². The minimum Gasteiger partial charge on any atom is -0.508 e. The maximum atomic E-state index is 12.5. The van der Waals surface area contributed by atoms with Gasteiger partial charge in [-0.15, -0.1) is 0 Å². The summed E-state index contributed by atoms with van der Waals surface area (Å²) in [7, 11) is 2.32. The van der Waals surface area contributed by atoms with Crippen molar-refractivity contribution < 1.29 is 34.1 Å². The number of methoxy groups -OCH3 is 2. The predicted octanol–water partition coefficient (Wildman–Crippen LogP) is 0.778. The van der Waals surface area contributed by atoms with E-state index in [0.29, 0.717) is 5.56 Å². The molecule has 0 aromatic heterocycles. The van der Waals surface area contributed by atoms with Gasteiger partial charge in [0.2, 0.25) is 0 Å². The van der Waals surface area contributed by atoms with Gasteiger partial charge in [-0.1, -0.05) is 12.1 Å². The summed E-state index contributed by atoms with van der Waals surface area (Å²) in [6.45, 7) is 1.36. The molecule has 7 nitrogen and oxygen atoms in total. The van der Waals surface area contributed by atoms with Crippen LogP contribution < -0.4 is 0 Å². The number of esters is 2. The van der Waals surface area contributed by atoms with Gasteiger partial charge in [0, 0.05) is 12.3 Å². The third-order valence-electron chi connectivity index (χ3n) is 4.43. The Kier molecular flexibility index (Phi) is 4.94. The highest BCUT2D eigenvalue weighted by Crippen LogP contribution is 2.47. The third kappa shape index (κ3) is 3.12. The second-order valence-corrected chi connectivity index (χ2v) is 6.12. The lowest BCUT2D eigenvalue weighted by Gasteiger charge is -2.43. The largest absolute Gasteiger partial charge is 0.508 e. The Morgan fingerprint density at radius 3 is 2.38 bits per heavy atom. The van der Waals surface area contributed by atoms with Crippen LogP contribution in [0.15, 0.2) is 24.3 Å². The Balaban J connectivity index is 2.65. The summed E-state index contributed by atoms with van der Waals surface area (Å²) in [5.74, 6) is -5.58. The van der Waals surface area contributed by atoms with E-state index in [0.717, 1.165) is 7.11 Å². The minimum absolute atomic E-state index is 0.0857. The monoisotopic (exact) mass is 336 g/mol. The number of ether oxygens (including phenoxy) is 2. The fraction of sp³-hybridized carbons (Fsp3) is 0.471. The molecular formula is C17H20O7. The highest BCUT2D eigenvalue weighted by Gasteiger charge is 2.56. The topological polar surface area (TPSA) is 110 Å². The van der Waals surface area contributed by atoms with Crippen molar-refractivity contribution in [1.29, 1.82) is 0 Å². The molecule has 1 saturated carbocycles. The van der Waals surface area contributed by atoms with Gasteiger partial charge >= 0.3 is 11.9 Å². The van der Waals surface area contributed by atoms with E-state index in [2.05, 4.69) is 0 Å². The Bertz CT molecular complexity index is 665. The number of phenols is 1. The van der Waals surface area contributed by atoms with Crippen LogP contribution in [0.3, 0.4) is 0 Å². The van der Waals surface area contributed by atoms with Gasteiger partial charge in [0.1, 0.15) is 11.7 Å². The molecule has 7 heteroatoms. The SMILES string of the molecule is COC(=O)[C@H]1C(=O)C[C@@](C)(O)[C@@H](C(=O)OC)[C@H]1c1cccc(O)c1. The van der Waals surface area contributed by atoms with Crippen LogP contribution in [0, 0.1) is 11.8 Å². The Hall–Kier alpha value is -2.41. The second-order valence-electron chi connectivity index (χ2n) is 6.12. The van der Waals surface area contributed by atoms with Crippen molar-refractivity contribution in [2.24, 2.45) is 11.8 Å². The average molecular weight is 336 g/mol. The highest BCUT2D eigenvalue weighted by atomic mass is 16.5. The zero-order chi connectivity index (χ0) is 18.1. The van der Waals surface area contributed by atoms with Gasteiger partial charge in [0.25, 0.3) is 0 Å². The summed E-state index contributed by atoms with van der Waals surface area (Å²) < 4.78 is 9.50. The number of aromatic hydroxyl groups is 1.